The fourth-order valence-corrected chi connectivity index (χ4v) is 0.522. The van der Waals surface area contributed by atoms with Gasteiger partial charge in [0, 0.05) is 11.6 Å². The number of ether oxygens (including phenoxy) is 1. The van der Waals surface area contributed by atoms with Crippen LogP contribution in [0.25, 0.3) is 0 Å². The summed E-state index contributed by atoms with van der Waals surface area (Å²) in [6.07, 6.45) is 0. The van der Waals surface area contributed by atoms with Crippen molar-refractivity contribution >= 4 is 17.0 Å². The second kappa shape index (κ2) is 3.18. The summed E-state index contributed by atoms with van der Waals surface area (Å²) in [6.45, 7) is 0. The minimum atomic E-state index is -1.18. The summed E-state index contributed by atoms with van der Waals surface area (Å²) in [4.78, 5) is 19.4. The molecular weight excluding hydrogens is 190 g/mol. The molecule has 0 radical (unpaired) electrons. The zero-order valence-electron chi connectivity index (χ0n) is 5.43. The van der Waals surface area contributed by atoms with E-state index in [0.717, 1.165) is 0 Å². The van der Waals surface area contributed by atoms with Gasteiger partial charge in [0.15, 0.2) is 0 Å². The molecule has 0 aromatic carbocycles. The molecule has 0 amide bonds. The van der Waals surface area contributed by atoms with E-state index in [4.69, 9.17) is 21.8 Å². The van der Waals surface area contributed by atoms with Gasteiger partial charge in [-0.15, -0.1) is 15.0 Å². The van der Waals surface area contributed by atoms with Gasteiger partial charge in [0.05, 0.1) is 0 Å². The Morgan fingerprint density at radius 2 is 1.75 bits per heavy atom. The van der Waals surface area contributed by atoms with Crippen LogP contribution in [0.3, 0.4) is 0 Å². The van der Waals surface area contributed by atoms with Crippen LogP contribution in [0.4, 0.5) is 4.79 Å². The SMILES string of the molecule is O=C(Cl)Oc1nc(O)nc(O)n1. The molecular formula is C4H2ClN3O4. The lowest BCUT2D eigenvalue weighted by molar-refractivity contribution is 0.220. The Kier molecular flexibility index (Phi) is 2.24. The van der Waals surface area contributed by atoms with Crippen molar-refractivity contribution in [2.24, 2.45) is 0 Å². The van der Waals surface area contributed by atoms with Crippen molar-refractivity contribution in [2.75, 3.05) is 0 Å². The number of carbonyl (C=O) groups is 1. The van der Waals surface area contributed by atoms with Crippen molar-refractivity contribution in [3.63, 3.8) is 0 Å². The zero-order chi connectivity index (χ0) is 9.14. The van der Waals surface area contributed by atoms with Crippen molar-refractivity contribution in [1.82, 2.24) is 15.0 Å². The van der Waals surface area contributed by atoms with Crippen molar-refractivity contribution < 1.29 is 19.7 Å². The third-order valence-corrected chi connectivity index (χ3v) is 0.840. The first-order valence-corrected chi connectivity index (χ1v) is 2.97. The van der Waals surface area contributed by atoms with Gasteiger partial charge in [0.25, 0.3) is 0 Å². The maximum Gasteiger partial charge on any atom is 0.411 e. The van der Waals surface area contributed by atoms with E-state index >= 15 is 0 Å². The molecule has 1 aromatic rings. The highest BCUT2D eigenvalue weighted by molar-refractivity contribution is 6.61. The van der Waals surface area contributed by atoms with Gasteiger partial charge < -0.3 is 14.9 Å². The minimum Gasteiger partial charge on any atom is -0.479 e. The number of halogens is 1. The van der Waals surface area contributed by atoms with Crippen molar-refractivity contribution in [1.29, 1.82) is 0 Å². The van der Waals surface area contributed by atoms with Gasteiger partial charge in [-0.2, -0.15) is 0 Å². The molecule has 1 aromatic heterocycles. The second-order valence-corrected chi connectivity index (χ2v) is 1.87. The van der Waals surface area contributed by atoms with Crippen LogP contribution in [-0.2, 0) is 0 Å². The average Bonchev–Trinajstić information content (AvgIpc) is 1.81. The monoisotopic (exact) mass is 191 g/mol. The predicted octanol–water partition coefficient (Wildman–Crippen LogP) is 0.0204. The fourth-order valence-electron chi connectivity index (χ4n) is 0.453. The van der Waals surface area contributed by atoms with Gasteiger partial charge in [0.2, 0.25) is 0 Å². The van der Waals surface area contributed by atoms with E-state index in [-0.39, 0.29) is 0 Å². The molecule has 64 valence electrons. The highest BCUT2D eigenvalue weighted by Crippen LogP contribution is 2.12. The smallest absolute Gasteiger partial charge is 0.411 e. The number of aromatic hydroxyl groups is 2. The Morgan fingerprint density at radius 3 is 2.17 bits per heavy atom. The Labute approximate surface area is 70.6 Å². The summed E-state index contributed by atoms with van der Waals surface area (Å²) in [6, 6.07) is -2.11. The first-order chi connectivity index (χ1) is 5.58. The van der Waals surface area contributed by atoms with E-state index in [2.05, 4.69) is 19.7 Å². The van der Waals surface area contributed by atoms with Gasteiger partial charge in [-0.3, -0.25) is 0 Å². The predicted molar refractivity (Wildman–Crippen MR) is 35.0 cm³/mol. The molecule has 0 aliphatic heterocycles. The molecule has 0 saturated carbocycles. The van der Waals surface area contributed by atoms with Crippen LogP contribution in [0.2, 0.25) is 0 Å². The summed E-state index contributed by atoms with van der Waals surface area (Å²) >= 11 is 4.79. The molecule has 1 heterocycles. The quantitative estimate of drug-likeness (QED) is 0.603. The molecule has 2 N–H and O–H groups in total. The molecule has 0 atom stereocenters. The summed E-state index contributed by atoms with van der Waals surface area (Å²) < 4.78 is 4.12. The number of nitrogens with zero attached hydrogens (tertiary/aromatic N) is 3. The molecule has 12 heavy (non-hydrogen) atoms. The lowest BCUT2D eigenvalue weighted by Crippen LogP contribution is -2.01. The fraction of sp³-hybridized carbons (Fsp3) is 0. The van der Waals surface area contributed by atoms with E-state index < -0.39 is 23.5 Å². The largest absolute Gasteiger partial charge is 0.479 e. The van der Waals surface area contributed by atoms with Crippen LogP contribution in [0.15, 0.2) is 0 Å². The average molecular weight is 192 g/mol. The first-order valence-electron chi connectivity index (χ1n) is 2.59. The number of hydrogen-bond donors (Lipinski definition) is 2. The first kappa shape index (κ1) is 8.47. The maximum atomic E-state index is 10.1. The molecule has 0 fully saturated rings. The lowest BCUT2D eigenvalue weighted by atomic mass is 10.9. The summed E-state index contributed by atoms with van der Waals surface area (Å²) in [7, 11) is 0. The summed E-state index contributed by atoms with van der Waals surface area (Å²) in [5.41, 5.74) is -1.18. The molecule has 8 heteroatoms. The highest BCUT2D eigenvalue weighted by atomic mass is 35.5. The molecule has 0 saturated heterocycles. The van der Waals surface area contributed by atoms with Gasteiger partial charge in [0.1, 0.15) is 0 Å². The van der Waals surface area contributed by atoms with Crippen LogP contribution < -0.4 is 4.74 Å². The second-order valence-electron chi connectivity index (χ2n) is 1.56. The van der Waals surface area contributed by atoms with Gasteiger partial charge in [-0.1, -0.05) is 0 Å². The van der Waals surface area contributed by atoms with E-state index in [1.165, 1.54) is 0 Å². The maximum absolute atomic E-state index is 10.1. The highest BCUT2D eigenvalue weighted by Gasteiger charge is 2.07. The van der Waals surface area contributed by atoms with Crippen LogP contribution in [0.5, 0.6) is 18.0 Å². The minimum absolute atomic E-state index is 0.569. The number of carbonyl (C=O) groups excluding carboxylic acids is 1. The molecule has 0 aliphatic rings. The van der Waals surface area contributed by atoms with Crippen LogP contribution in [0.1, 0.15) is 0 Å². The molecule has 0 unspecified atom stereocenters. The third-order valence-electron chi connectivity index (χ3n) is 0.763. The van der Waals surface area contributed by atoms with Gasteiger partial charge in [-0.05, 0) is 0 Å². The van der Waals surface area contributed by atoms with Crippen molar-refractivity contribution in [3.05, 3.63) is 0 Å². The number of hydrogen-bond acceptors (Lipinski definition) is 7. The van der Waals surface area contributed by atoms with Crippen LogP contribution in [-0.4, -0.2) is 30.6 Å². The molecule has 7 nitrogen and oxygen atoms in total. The molecule has 0 spiro atoms. The topological polar surface area (TPSA) is 105 Å². The van der Waals surface area contributed by atoms with Crippen molar-refractivity contribution in [3.8, 4) is 18.0 Å². The number of rotatable bonds is 1. The van der Waals surface area contributed by atoms with Gasteiger partial charge in [-0.25, -0.2) is 4.79 Å². The Balaban J connectivity index is 2.93. The molecule has 0 bridgehead atoms. The van der Waals surface area contributed by atoms with E-state index in [1.54, 1.807) is 0 Å². The summed E-state index contributed by atoms with van der Waals surface area (Å²) in [5.74, 6) is 0. The molecule has 0 aliphatic carbocycles. The van der Waals surface area contributed by atoms with Crippen LogP contribution in [0, 0.1) is 0 Å². The lowest BCUT2D eigenvalue weighted by Gasteiger charge is -1.96. The van der Waals surface area contributed by atoms with Crippen LogP contribution >= 0.6 is 11.6 Å². The summed E-state index contributed by atoms with van der Waals surface area (Å²) in [5, 5.41) is 17.3. The Hall–Kier alpha value is -1.63. The van der Waals surface area contributed by atoms with Crippen molar-refractivity contribution in [2.45, 2.75) is 0 Å². The van der Waals surface area contributed by atoms with E-state index in [0.29, 0.717) is 0 Å². The molecule has 1 rings (SSSR count). The Morgan fingerprint density at radius 1 is 1.25 bits per heavy atom. The van der Waals surface area contributed by atoms with E-state index in [1.807, 2.05) is 0 Å². The normalized spacial score (nSPS) is 9.42. The standard InChI is InChI=1S/C4H2ClN3O4/c5-1(9)12-4-7-2(10)6-3(11)8-4/h(H2,6,7,8,10,11). The number of aromatic nitrogens is 3. The zero-order valence-corrected chi connectivity index (χ0v) is 6.19. The Bertz CT molecular complexity index is 297. The third kappa shape index (κ3) is 2.20. The van der Waals surface area contributed by atoms with Gasteiger partial charge >= 0.3 is 23.5 Å². The van der Waals surface area contributed by atoms with E-state index in [9.17, 15) is 4.79 Å².